The molecule has 1 N–H and O–H groups in total. The number of ketones is 1. The van der Waals surface area contributed by atoms with Gasteiger partial charge in [-0.2, -0.15) is 0 Å². The summed E-state index contributed by atoms with van der Waals surface area (Å²) in [7, 11) is 1.54. The number of rotatable bonds is 4. The largest absolute Gasteiger partial charge is 0.497 e. The highest BCUT2D eigenvalue weighted by Gasteiger charge is 2.47. The van der Waals surface area contributed by atoms with Gasteiger partial charge in [0.2, 0.25) is 0 Å². The van der Waals surface area contributed by atoms with E-state index in [0.29, 0.717) is 12.4 Å². The number of benzene rings is 1. The molecule has 1 aliphatic rings. The Kier molecular flexibility index (Phi) is 3.85. The second kappa shape index (κ2) is 5.40. The molecule has 1 aromatic rings. The van der Waals surface area contributed by atoms with Gasteiger partial charge >= 0.3 is 5.97 Å². The summed E-state index contributed by atoms with van der Waals surface area (Å²) in [4.78, 5) is 23.5. The van der Waals surface area contributed by atoms with Gasteiger partial charge < -0.3 is 14.6 Å². The molecule has 1 unspecified atom stereocenters. The first-order valence-corrected chi connectivity index (χ1v) is 6.06. The molecule has 0 aliphatic carbocycles. The van der Waals surface area contributed by atoms with Gasteiger partial charge in [-0.1, -0.05) is 12.1 Å². The average Bonchev–Trinajstić information content (AvgIpc) is 2.41. The monoisotopic (exact) mass is 264 g/mol. The van der Waals surface area contributed by atoms with Crippen LogP contribution in [0.1, 0.15) is 12.0 Å². The number of carboxylic acids is 1. The van der Waals surface area contributed by atoms with E-state index in [9.17, 15) is 14.7 Å². The number of carbonyl (C=O) groups is 2. The van der Waals surface area contributed by atoms with Gasteiger partial charge in [0, 0.05) is 6.42 Å². The van der Waals surface area contributed by atoms with Crippen molar-refractivity contribution in [1.82, 2.24) is 0 Å². The predicted octanol–water partition coefficient (Wildman–Crippen LogP) is 1.30. The smallest absolute Gasteiger partial charge is 0.319 e. The number of hydrogen-bond donors (Lipinski definition) is 1. The summed E-state index contributed by atoms with van der Waals surface area (Å²) in [5, 5.41) is 9.41. The maximum Gasteiger partial charge on any atom is 0.319 e. The number of carboxylic acid groups (broad SMARTS) is 1. The van der Waals surface area contributed by atoms with Crippen molar-refractivity contribution in [3.63, 3.8) is 0 Å². The fraction of sp³-hybridized carbons (Fsp3) is 0.429. The summed E-state index contributed by atoms with van der Waals surface area (Å²) >= 11 is 0. The Balaban J connectivity index is 2.30. The lowest BCUT2D eigenvalue weighted by atomic mass is 9.76. The fourth-order valence-electron chi connectivity index (χ4n) is 2.27. The van der Waals surface area contributed by atoms with Gasteiger partial charge in [0.1, 0.15) is 5.75 Å². The lowest BCUT2D eigenvalue weighted by molar-refractivity contribution is -0.164. The molecule has 1 heterocycles. The summed E-state index contributed by atoms with van der Waals surface area (Å²) in [6, 6.07) is 7.08. The minimum absolute atomic E-state index is 0.0711. The van der Waals surface area contributed by atoms with E-state index in [2.05, 4.69) is 0 Å². The van der Waals surface area contributed by atoms with Crippen molar-refractivity contribution in [2.75, 3.05) is 20.3 Å². The summed E-state index contributed by atoms with van der Waals surface area (Å²) in [6.45, 7) is 0.227. The van der Waals surface area contributed by atoms with Crippen molar-refractivity contribution in [2.24, 2.45) is 5.41 Å². The molecular formula is C14H16O5. The summed E-state index contributed by atoms with van der Waals surface area (Å²) in [5.41, 5.74) is -0.717. The topological polar surface area (TPSA) is 72.8 Å². The third-order valence-corrected chi connectivity index (χ3v) is 3.41. The highest BCUT2D eigenvalue weighted by Crippen LogP contribution is 2.31. The van der Waals surface area contributed by atoms with Crippen molar-refractivity contribution in [1.29, 1.82) is 0 Å². The van der Waals surface area contributed by atoms with E-state index in [1.165, 1.54) is 0 Å². The Hall–Kier alpha value is -1.88. The lowest BCUT2D eigenvalue weighted by Gasteiger charge is -2.31. The summed E-state index contributed by atoms with van der Waals surface area (Å²) in [6.07, 6.45) is 0.272. The molecular weight excluding hydrogens is 248 g/mol. The molecule has 0 amide bonds. The van der Waals surface area contributed by atoms with Gasteiger partial charge in [-0.15, -0.1) is 0 Å². The van der Waals surface area contributed by atoms with E-state index >= 15 is 0 Å². The maximum atomic E-state index is 12.0. The lowest BCUT2D eigenvalue weighted by Crippen LogP contribution is -2.48. The van der Waals surface area contributed by atoms with Crippen LogP contribution in [0.4, 0.5) is 0 Å². The second-order valence-corrected chi connectivity index (χ2v) is 4.64. The van der Waals surface area contributed by atoms with Gasteiger partial charge in [0.15, 0.2) is 11.2 Å². The number of hydrogen-bond acceptors (Lipinski definition) is 4. The maximum absolute atomic E-state index is 12.0. The standard InChI is InChI=1S/C14H16O5/c1-18-11-4-2-3-10(7-11)8-14(13(16)17)9-19-6-5-12(14)15/h2-4,7H,5-6,8-9H2,1H3,(H,16,17). The molecule has 0 radical (unpaired) electrons. The first kappa shape index (κ1) is 13.5. The summed E-state index contributed by atoms with van der Waals surface area (Å²) < 4.78 is 10.3. The van der Waals surface area contributed by atoms with Crippen molar-refractivity contribution >= 4 is 11.8 Å². The quantitative estimate of drug-likeness (QED) is 0.830. The third kappa shape index (κ3) is 2.61. The molecule has 1 atom stereocenters. The third-order valence-electron chi connectivity index (χ3n) is 3.41. The minimum Gasteiger partial charge on any atom is -0.497 e. The van der Waals surface area contributed by atoms with Crippen LogP contribution in [0.2, 0.25) is 0 Å². The zero-order valence-electron chi connectivity index (χ0n) is 10.7. The molecule has 1 fully saturated rings. The minimum atomic E-state index is -1.47. The van der Waals surface area contributed by atoms with Crippen molar-refractivity contribution < 1.29 is 24.2 Å². The van der Waals surface area contributed by atoms with Crippen LogP contribution >= 0.6 is 0 Å². The van der Waals surface area contributed by atoms with Crippen LogP contribution in [0.5, 0.6) is 5.75 Å². The normalized spacial score (nSPS) is 23.1. The zero-order chi connectivity index (χ0) is 13.9. The number of carbonyl (C=O) groups excluding carboxylic acids is 1. The molecule has 0 spiro atoms. The molecule has 5 heteroatoms. The van der Waals surface area contributed by atoms with Crippen molar-refractivity contribution in [3.05, 3.63) is 29.8 Å². The Bertz CT molecular complexity index is 496. The first-order valence-electron chi connectivity index (χ1n) is 6.06. The second-order valence-electron chi connectivity index (χ2n) is 4.64. The van der Waals surface area contributed by atoms with Gasteiger partial charge in [0.05, 0.1) is 20.3 Å². The molecule has 5 nitrogen and oxygen atoms in total. The van der Waals surface area contributed by atoms with Gasteiger partial charge in [0.25, 0.3) is 0 Å². The van der Waals surface area contributed by atoms with Crippen molar-refractivity contribution in [2.45, 2.75) is 12.8 Å². The van der Waals surface area contributed by atoms with Gasteiger partial charge in [-0.3, -0.25) is 9.59 Å². The Morgan fingerprint density at radius 1 is 1.53 bits per heavy atom. The Morgan fingerprint density at radius 3 is 2.95 bits per heavy atom. The van der Waals surface area contributed by atoms with Crippen LogP contribution in [-0.4, -0.2) is 37.2 Å². The number of aliphatic carboxylic acids is 1. The van der Waals surface area contributed by atoms with Crippen LogP contribution < -0.4 is 4.74 Å². The molecule has 1 aromatic carbocycles. The number of ether oxygens (including phenoxy) is 2. The molecule has 0 bridgehead atoms. The van der Waals surface area contributed by atoms with Crippen LogP contribution in [-0.2, 0) is 20.7 Å². The Morgan fingerprint density at radius 2 is 2.32 bits per heavy atom. The van der Waals surface area contributed by atoms with Crippen LogP contribution in [0.25, 0.3) is 0 Å². The van der Waals surface area contributed by atoms with E-state index in [-0.39, 0.29) is 25.2 Å². The van der Waals surface area contributed by atoms with Crippen LogP contribution in [0.15, 0.2) is 24.3 Å². The average molecular weight is 264 g/mol. The Labute approximate surface area is 111 Å². The number of methoxy groups -OCH3 is 1. The van der Waals surface area contributed by atoms with E-state index in [1.54, 1.807) is 31.4 Å². The highest BCUT2D eigenvalue weighted by molar-refractivity contribution is 6.04. The molecule has 0 saturated carbocycles. The van der Waals surface area contributed by atoms with Gasteiger partial charge in [-0.05, 0) is 24.1 Å². The molecule has 1 aliphatic heterocycles. The van der Waals surface area contributed by atoms with Crippen LogP contribution in [0.3, 0.4) is 0 Å². The fourth-order valence-corrected chi connectivity index (χ4v) is 2.27. The molecule has 0 aromatic heterocycles. The van der Waals surface area contributed by atoms with E-state index < -0.39 is 11.4 Å². The molecule has 19 heavy (non-hydrogen) atoms. The van der Waals surface area contributed by atoms with Crippen molar-refractivity contribution in [3.8, 4) is 5.75 Å². The predicted molar refractivity (Wildman–Crippen MR) is 67.2 cm³/mol. The molecule has 1 saturated heterocycles. The van der Waals surface area contributed by atoms with E-state index in [4.69, 9.17) is 9.47 Å². The molecule has 102 valence electrons. The van der Waals surface area contributed by atoms with E-state index in [1.807, 2.05) is 0 Å². The first-order chi connectivity index (χ1) is 9.08. The molecule has 2 rings (SSSR count). The van der Waals surface area contributed by atoms with E-state index in [0.717, 1.165) is 5.56 Å². The SMILES string of the molecule is COc1cccc(CC2(C(=O)O)COCCC2=O)c1. The zero-order valence-corrected chi connectivity index (χ0v) is 10.7. The van der Waals surface area contributed by atoms with Gasteiger partial charge in [-0.25, -0.2) is 0 Å². The number of Topliss-reactive ketones (excluding diaryl/α,β-unsaturated/α-hetero) is 1. The van der Waals surface area contributed by atoms with Crippen LogP contribution in [0, 0.1) is 5.41 Å². The summed E-state index contributed by atoms with van der Waals surface area (Å²) in [5.74, 6) is -0.753. The highest BCUT2D eigenvalue weighted by atomic mass is 16.5.